The van der Waals surface area contributed by atoms with Gasteiger partial charge in [-0.1, -0.05) is 12.1 Å². The molecule has 0 unspecified atom stereocenters. The minimum Gasteiger partial charge on any atom is -0.341 e. The Bertz CT molecular complexity index is 802. The summed E-state index contributed by atoms with van der Waals surface area (Å²) in [5.41, 5.74) is 0.610. The highest BCUT2D eigenvalue weighted by Crippen LogP contribution is 2.27. The number of nitrogens with one attached hydrogen (secondary N) is 1. The Balaban J connectivity index is 1.52. The van der Waals surface area contributed by atoms with E-state index in [0.29, 0.717) is 22.7 Å². The van der Waals surface area contributed by atoms with E-state index in [9.17, 15) is 9.59 Å². The van der Waals surface area contributed by atoms with Crippen molar-refractivity contribution in [1.29, 1.82) is 0 Å². The number of hydrogen-bond donors (Lipinski definition) is 1. The molecule has 1 N–H and O–H groups in total. The van der Waals surface area contributed by atoms with E-state index in [-0.39, 0.29) is 17.9 Å². The van der Waals surface area contributed by atoms with Crippen molar-refractivity contribution in [2.45, 2.75) is 19.4 Å². The molecule has 24 heavy (non-hydrogen) atoms. The molecule has 2 aliphatic heterocycles. The first-order chi connectivity index (χ1) is 11.7. The smallest absolute Gasteiger partial charge is 0.244 e. The Kier molecular flexibility index (Phi) is 4.06. The van der Waals surface area contributed by atoms with Crippen molar-refractivity contribution in [2.24, 2.45) is 11.8 Å². The van der Waals surface area contributed by atoms with Crippen molar-refractivity contribution in [3.8, 4) is 0 Å². The second kappa shape index (κ2) is 6.36. The zero-order valence-corrected chi connectivity index (χ0v) is 13.6. The number of para-hydroxylation sites is 1. The number of carbonyl (C=O) groups excluding carboxylic acids is 1. The van der Waals surface area contributed by atoms with Crippen LogP contribution in [0.2, 0.25) is 0 Å². The molecule has 6 nitrogen and oxygen atoms in total. The second-order valence-corrected chi connectivity index (χ2v) is 6.82. The van der Waals surface area contributed by atoms with E-state index in [0.717, 1.165) is 39.0 Å². The third-order valence-electron chi connectivity index (χ3n) is 5.42. The Hall–Kier alpha value is -2.21. The standard InChI is InChI=1S/C18H22N4O2/c23-17-11-20-22(16-4-2-1-3-15(16)17)12-18(24)21-7-5-13-9-19-10-14(13)6-8-21/h1-4,11,13-14,19H,5-10,12H2/t13-,14+. The van der Waals surface area contributed by atoms with Crippen molar-refractivity contribution in [3.63, 3.8) is 0 Å². The summed E-state index contributed by atoms with van der Waals surface area (Å²) < 4.78 is 1.65. The number of carbonyl (C=O) groups is 1. The monoisotopic (exact) mass is 326 g/mol. The molecule has 3 heterocycles. The highest BCUT2D eigenvalue weighted by Gasteiger charge is 2.31. The molecular formula is C18H22N4O2. The molecule has 2 aliphatic rings. The number of aromatic nitrogens is 2. The number of amides is 1. The molecule has 0 spiro atoms. The second-order valence-electron chi connectivity index (χ2n) is 6.82. The summed E-state index contributed by atoms with van der Waals surface area (Å²) in [7, 11) is 0. The highest BCUT2D eigenvalue weighted by molar-refractivity contribution is 5.81. The molecule has 1 aromatic carbocycles. The van der Waals surface area contributed by atoms with Crippen LogP contribution in [0.5, 0.6) is 0 Å². The van der Waals surface area contributed by atoms with Gasteiger partial charge in [-0.25, -0.2) is 0 Å². The number of rotatable bonds is 2. The predicted molar refractivity (Wildman–Crippen MR) is 91.7 cm³/mol. The van der Waals surface area contributed by atoms with E-state index in [2.05, 4.69) is 10.4 Å². The number of nitrogens with zero attached hydrogens (tertiary/aromatic N) is 3. The normalized spacial score (nSPS) is 23.9. The minimum absolute atomic E-state index is 0.0873. The maximum absolute atomic E-state index is 12.7. The van der Waals surface area contributed by atoms with Crippen LogP contribution in [0.4, 0.5) is 0 Å². The number of benzene rings is 1. The number of fused-ring (bicyclic) bond motifs is 2. The lowest BCUT2D eigenvalue weighted by Crippen LogP contribution is -2.36. The van der Waals surface area contributed by atoms with Crippen molar-refractivity contribution in [2.75, 3.05) is 26.2 Å². The van der Waals surface area contributed by atoms with Crippen molar-refractivity contribution >= 4 is 16.8 Å². The molecule has 0 saturated carbocycles. The van der Waals surface area contributed by atoms with Crippen LogP contribution in [0.25, 0.3) is 10.9 Å². The molecule has 2 fully saturated rings. The van der Waals surface area contributed by atoms with Gasteiger partial charge in [0.25, 0.3) is 0 Å². The molecule has 4 rings (SSSR count). The molecule has 1 amide bonds. The van der Waals surface area contributed by atoms with Crippen LogP contribution in [0.15, 0.2) is 35.3 Å². The van der Waals surface area contributed by atoms with Crippen LogP contribution < -0.4 is 10.7 Å². The maximum Gasteiger partial charge on any atom is 0.244 e. The van der Waals surface area contributed by atoms with Gasteiger partial charge in [0.1, 0.15) is 6.54 Å². The van der Waals surface area contributed by atoms with Gasteiger partial charge in [0.2, 0.25) is 11.3 Å². The van der Waals surface area contributed by atoms with Crippen LogP contribution >= 0.6 is 0 Å². The summed E-state index contributed by atoms with van der Waals surface area (Å²) in [6.45, 7) is 3.99. The summed E-state index contributed by atoms with van der Waals surface area (Å²) in [6.07, 6.45) is 3.44. The first-order valence-electron chi connectivity index (χ1n) is 8.66. The third kappa shape index (κ3) is 2.82. The van der Waals surface area contributed by atoms with Gasteiger partial charge in [0.15, 0.2) is 0 Å². The van der Waals surface area contributed by atoms with E-state index in [4.69, 9.17) is 0 Å². The van der Waals surface area contributed by atoms with Gasteiger partial charge in [-0.2, -0.15) is 5.10 Å². The van der Waals surface area contributed by atoms with Crippen molar-refractivity contribution in [1.82, 2.24) is 20.0 Å². The first-order valence-corrected chi connectivity index (χ1v) is 8.66. The Morgan fingerprint density at radius 1 is 1.17 bits per heavy atom. The third-order valence-corrected chi connectivity index (χ3v) is 5.42. The van der Waals surface area contributed by atoms with E-state index < -0.39 is 0 Å². The molecular weight excluding hydrogens is 304 g/mol. The number of hydrogen-bond acceptors (Lipinski definition) is 4. The van der Waals surface area contributed by atoms with Crippen LogP contribution in [-0.2, 0) is 11.3 Å². The molecule has 6 heteroatoms. The fourth-order valence-corrected chi connectivity index (χ4v) is 3.98. The first kappa shape index (κ1) is 15.3. The Morgan fingerprint density at radius 2 is 1.88 bits per heavy atom. The summed E-state index contributed by atoms with van der Waals surface area (Å²) >= 11 is 0. The summed E-state index contributed by atoms with van der Waals surface area (Å²) in [5, 5.41) is 8.23. The summed E-state index contributed by atoms with van der Waals surface area (Å²) in [4.78, 5) is 26.6. The molecule has 2 atom stereocenters. The SMILES string of the molecule is O=C(Cn1ncc(=O)c2ccccc21)N1CC[C@@H]2CNC[C@@H]2CC1. The zero-order chi connectivity index (χ0) is 16.5. The molecule has 0 aliphatic carbocycles. The van der Waals surface area contributed by atoms with Gasteiger partial charge in [-0.3, -0.25) is 14.3 Å². The number of likely N-dealkylation sites (tertiary alicyclic amines) is 1. The van der Waals surface area contributed by atoms with Gasteiger partial charge < -0.3 is 10.2 Å². The average Bonchev–Trinajstić information content (AvgIpc) is 2.96. The van der Waals surface area contributed by atoms with Crippen molar-refractivity contribution < 1.29 is 4.79 Å². The Labute approximate surface area is 140 Å². The molecule has 1 aromatic heterocycles. The highest BCUT2D eigenvalue weighted by atomic mass is 16.2. The summed E-state index contributed by atoms with van der Waals surface area (Å²) in [5.74, 6) is 1.49. The lowest BCUT2D eigenvalue weighted by Gasteiger charge is -2.21. The van der Waals surface area contributed by atoms with Gasteiger partial charge in [0.05, 0.1) is 11.7 Å². The topological polar surface area (TPSA) is 67.2 Å². The lowest BCUT2D eigenvalue weighted by molar-refractivity contribution is -0.132. The van der Waals surface area contributed by atoms with Crippen molar-refractivity contribution in [3.05, 3.63) is 40.7 Å². The fourth-order valence-electron chi connectivity index (χ4n) is 3.98. The summed E-state index contributed by atoms with van der Waals surface area (Å²) in [6, 6.07) is 7.32. The van der Waals surface area contributed by atoms with E-state index in [1.54, 1.807) is 10.7 Å². The fraction of sp³-hybridized carbons (Fsp3) is 0.500. The lowest BCUT2D eigenvalue weighted by atomic mass is 9.92. The molecule has 0 radical (unpaired) electrons. The predicted octanol–water partition coefficient (Wildman–Crippen LogP) is 0.854. The van der Waals surface area contributed by atoms with Crippen LogP contribution in [0, 0.1) is 11.8 Å². The van der Waals surface area contributed by atoms with Gasteiger partial charge >= 0.3 is 0 Å². The molecule has 126 valence electrons. The van der Waals surface area contributed by atoms with Crippen LogP contribution in [-0.4, -0.2) is 46.8 Å². The van der Waals surface area contributed by atoms with E-state index in [1.807, 2.05) is 23.1 Å². The van der Waals surface area contributed by atoms with Gasteiger partial charge in [-0.05, 0) is 49.9 Å². The largest absolute Gasteiger partial charge is 0.341 e. The zero-order valence-electron chi connectivity index (χ0n) is 13.6. The quantitative estimate of drug-likeness (QED) is 0.889. The van der Waals surface area contributed by atoms with Gasteiger partial charge in [0, 0.05) is 18.5 Å². The van der Waals surface area contributed by atoms with E-state index >= 15 is 0 Å². The average molecular weight is 326 g/mol. The molecule has 0 bridgehead atoms. The minimum atomic E-state index is -0.107. The van der Waals surface area contributed by atoms with Crippen LogP contribution in [0.1, 0.15) is 12.8 Å². The van der Waals surface area contributed by atoms with E-state index in [1.165, 1.54) is 6.20 Å². The van der Waals surface area contributed by atoms with Gasteiger partial charge in [-0.15, -0.1) is 0 Å². The maximum atomic E-state index is 12.7. The van der Waals surface area contributed by atoms with Crippen LogP contribution in [0.3, 0.4) is 0 Å². The molecule has 2 aromatic rings. The Morgan fingerprint density at radius 3 is 2.62 bits per heavy atom. The molecule has 2 saturated heterocycles.